The largest absolute Gasteiger partial charge is 0.328 e. The van der Waals surface area contributed by atoms with E-state index in [4.69, 9.17) is 30.6 Å². The maximum atomic E-state index is 12.8. The molecule has 0 bridgehead atoms. The van der Waals surface area contributed by atoms with Crippen LogP contribution in [0.15, 0.2) is 24.3 Å². The van der Waals surface area contributed by atoms with E-state index in [9.17, 15) is 4.79 Å². The summed E-state index contributed by atoms with van der Waals surface area (Å²) in [6.07, 6.45) is 2.22. The fourth-order valence-corrected chi connectivity index (χ4v) is 3.13. The van der Waals surface area contributed by atoms with Gasteiger partial charge in [0.15, 0.2) is 0 Å². The van der Waals surface area contributed by atoms with Crippen LogP contribution in [0.2, 0.25) is 0 Å². The zero-order chi connectivity index (χ0) is 23.1. The molecule has 12 heteroatoms. The number of amides is 1. The van der Waals surface area contributed by atoms with Gasteiger partial charge >= 0.3 is 0 Å². The molecule has 1 fully saturated rings. The third-order valence-corrected chi connectivity index (χ3v) is 4.33. The van der Waals surface area contributed by atoms with E-state index in [0.717, 1.165) is 56.8 Å². The van der Waals surface area contributed by atoms with Crippen molar-refractivity contribution in [3.63, 3.8) is 0 Å². The molecule has 30 heavy (non-hydrogen) atoms. The summed E-state index contributed by atoms with van der Waals surface area (Å²) in [5.41, 5.74) is 2.04. The molecule has 0 aliphatic carbocycles. The zero-order valence-corrected chi connectivity index (χ0v) is 17.6. The van der Waals surface area contributed by atoms with Gasteiger partial charge in [0.1, 0.15) is 6.04 Å². The SMILES string of the molecule is CCCN1CCN(CCC)C(C(=O)Nc2ccccc2C)C1.O=[N+]([O-])O.O=[N+]([O-])O. The number of hydrogen-bond acceptors (Lipinski definition) is 7. The molecule has 170 valence electrons. The molecule has 3 N–H and O–H groups in total. The summed E-state index contributed by atoms with van der Waals surface area (Å²) in [5, 5.41) is 30.4. The molecular formula is C18H31N5O7. The maximum absolute atomic E-state index is 12.8. The number of anilines is 1. The van der Waals surface area contributed by atoms with Crippen molar-refractivity contribution in [1.82, 2.24) is 9.80 Å². The molecule has 1 unspecified atom stereocenters. The van der Waals surface area contributed by atoms with Gasteiger partial charge in [-0.2, -0.15) is 0 Å². The van der Waals surface area contributed by atoms with Gasteiger partial charge in [-0.15, -0.1) is 20.2 Å². The second-order valence-corrected chi connectivity index (χ2v) is 6.63. The average Bonchev–Trinajstić information content (AvgIpc) is 2.64. The van der Waals surface area contributed by atoms with Gasteiger partial charge in [0, 0.05) is 25.3 Å². The Bertz CT molecular complexity index is 654. The molecule has 1 aromatic carbocycles. The number of hydrogen-bond donors (Lipinski definition) is 3. The molecule has 12 nitrogen and oxygen atoms in total. The summed E-state index contributed by atoms with van der Waals surface area (Å²) in [4.78, 5) is 34.2. The van der Waals surface area contributed by atoms with Crippen molar-refractivity contribution in [1.29, 1.82) is 0 Å². The summed E-state index contributed by atoms with van der Waals surface area (Å²) in [7, 11) is 0. The van der Waals surface area contributed by atoms with Crippen LogP contribution >= 0.6 is 0 Å². The van der Waals surface area contributed by atoms with E-state index in [1.807, 2.05) is 31.2 Å². The highest BCUT2D eigenvalue weighted by Gasteiger charge is 2.31. The fourth-order valence-electron chi connectivity index (χ4n) is 3.13. The number of nitrogens with one attached hydrogen (secondary N) is 1. The first-order valence-corrected chi connectivity index (χ1v) is 9.61. The second kappa shape index (κ2) is 14.9. The minimum Gasteiger partial charge on any atom is -0.328 e. The van der Waals surface area contributed by atoms with E-state index in [0.29, 0.717) is 0 Å². The number of nitrogens with zero attached hydrogens (tertiary/aromatic N) is 4. The van der Waals surface area contributed by atoms with Gasteiger partial charge in [-0.25, -0.2) is 0 Å². The van der Waals surface area contributed by atoms with E-state index in [-0.39, 0.29) is 11.9 Å². The number of aryl methyl sites for hydroxylation is 1. The molecule has 0 saturated carbocycles. The Morgan fingerprint density at radius 1 is 1.10 bits per heavy atom. The third-order valence-electron chi connectivity index (χ3n) is 4.33. The van der Waals surface area contributed by atoms with Crippen LogP contribution in [0.1, 0.15) is 32.3 Å². The minimum atomic E-state index is -1.50. The van der Waals surface area contributed by atoms with Crippen molar-refractivity contribution >= 4 is 11.6 Å². The second-order valence-electron chi connectivity index (χ2n) is 6.63. The van der Waals surface area contributed by atoms with Crippen LogP contribution in [-0.4, -0.2) is 75.1 Å². The molecular weight excluding hydrogens is 398 g/mol. The molecule has 1 aliphatic rings. The van der Waals surface area contributed by atoms with E-state index < -0.39 is 10.2 Å². The van der Waals surface area contributed by atoms with Gasteiger partial charge in [-0.05, 0) is 44.5 Å². The lowest BCUT2D eigenvalue weighted by atomic mass is 10.1. The van der Waals surface area contributed by atoms with E-state index >= 15 is 0 Å². The van der Waals surface area contributed by atoms with Gasteiger partial charge in [0.05, 0.1) is 0 Å². The number of benzene rings is 1. The Labute approximate surface area is 175 Å². The molecule has 0 spiro atoms. The van der Waals surface area contributed by atoms with Gasteiger partial charge in [0.2, 0.25) is 5.91 Å². The van der Waals surface area contributed by atoms with Crippen LogP contribution in [-0.2, 0) is 4.79 Å². The monoisotopic (exact) mass is 429 g/mol. The van der Waals surface area contributed by atoms with Crippen molar-refractivity contribution < 1.29 is 25.4 Å². The highest BCUT2D eigenvalue weighted by Crippen LogP contribution is 2.17. The molecule has 1 atom stereocenters. The third kappa shape index (κ3) is 11.8. The van der Waals surface area contributed by atoms with Crippen LogP contribution in [0.3, 0.4) is 0 Å². The zero-order valence-electron chi connectivity index (χ0n) is 17.6. The first-order valence-electron chi connectivity index (χ1n) is 9.61. The molecule has 1 aromatic rings. The van der Waals surface area contributed by atoms with Crippen LogP contribution < -0.4 is 5.32 Å². The number of carbonyl (C=O) groups is 1. The lowest BCUT2D eigenvalue weighted by Gasteiger charge is -2.40. The summed E-state index contributed by atoms with van der Waals surface area (Å²) < 4.78 is 0. The predicted molar refractivity (Wildman–Crippen MR) is 110 cm³/mol. The normalized spacial score (nSPS) is 16.3. The van der Waals surface area contributed by atoms with Gasteiger partial charge < -0.3 is 15.7 Å². The molecule has 1 aliphatic heterocycles. The topological polar surface area (TPSA) is 162 Å². The molecule has 1 saturated heterocycles. The van der Waals surface area contributed by atoms with Gasteiger partial charge in [-0.3, -0.25) is 14.6 Å². The van der Waals surface area contributed by atoms with Crippen molar-refractivity contribution in [3.8, 4) is 0 Å². The molecule has 2 rings (SSSR count). The molecule has 1 amide bonds. The Hall–Kier alpha value is -2.99. The Morgan fingerprint density at radius 3 is 2.13 bits per heavy atom. The van der Waals surface area contributed by atoms with Crippen molar-refractivity contribution in [2.45, 2.75) is 39.7 Å². The van der Waals surface area contributed by atoms with Crippen LogP contribution in [0.5, 0.6) is 0 Å². The van der Waals surface area contributed by atoms with Crippen molar-refractivity contribution in [2.75, 3.05) is 38.0 Å². The lowest BCUT2D eigenvalue weighted by molar-refractivity contribution is -0.742. The number of piperazine rings is 1. The minimum absolute atomic E-state index is 0.0418. The predicted octanol–water partition coefficient (Wildman–Crippen LogP) is 2.04. The number of para-hydroxylation sites is 1. The van der Waals surface area contributed by atoms with E-state index in [2.05, 4.69) is 29.0 Å². The van der Waals surface area contributed by atoms with E-state index in [1.54, 1.807) is 0 Å². The Kier molecular flexibility index (Phi) is 13.4. The molecule has 1 heterocycles. The van der Waals surface area contributed by atoms with Crippen LogP contribution in [0.25, 0.3) is 0 Å². The number of carbonyl (C=O) groups excluding carboxylic acids is 1. The fraction of sp³-hybridized carbons (Fsp3) is 0.611. The average molecular weight is 429 g/mol. The van der Waals surface area contributed by atoms with Gasteiger partial charge in [-0.1, -0.05) is 32.0 Å². The van der Waals surface area contributed by atoms with E-state index in [1.165, 1.54) is 0 Å². The molecule has 0 aromatic heterocycles. The molecule has 0 radical (unpaired) electrons. The Morgan fingerprint density at radius 2 is 1.63 bits per heavy atom. The highest BCUT2D eigenvalue weighted by atomic mass is 16.9. The summed E-state index contributed by atoms with van der Waals surface area (Å²) >= 11 is 0. The quantitative estimate of drug-likeness (QED) is 0.453. The van der Waals surface area contributed by atoms with Crippen LogP contribution in [0, 0.1) is 27.2 Å². The Balaban J connectivity index is 0.000000901. The van der Waals surface area contributed by atoms with Crippen molar-refractivity contribution in [2.24, 2.45) is 0 Å². The summed E-state index contributed by atoms with van der Waals surface area (Å²) in [5.74, 6) is 0.128. The number of rotatable bonds is 6. The summed E-state index contributed by atoms with van der Waals surface area (Å²) in [6, 6.07) is 7.93. The summed E-state index contributed by atoms with van der Waals surface area (Å²) in [6.45, 7) is 11.4. The standard InChI is InChI=1S/C18H29N3O.2HNO3/c1-4-10-20-12-13-21(11-5-2)17(14-20)18(22)19-16-9-7-6-8-15(16)3;2*2-1(3)4/h6-9,17H,4-5,10-14H2,1-3H3,(H,19,22);2*(H,2,3,4). The lowest BCUT2D eigenvalue weighted by Crippen LogP contribution is -2.57. The maximum Gasteiger partial charge on any atom is 0.291 e. The first kappa shape index (κ1) is 27.0. The van der Waals surface area contributed by atoms with Gasteiger partial charge in [0.25, 0.3) is 10.2 Å². The highest BCUT2D eigenvalue weighted by molar-refractivity contribution is 5.95. The van der Waals surface area contributed by atoms with Crippen molar-refractivity contribution in [3.05, 3.63) is 50.1 Å². The van der Waals surface area contributed by atoms with Crippen LogP contribution in [0.4, 0.5) is 5.69 Å². The first-order chi connectivity index (χ1) is 14.1. The smallest absolute Gasteiger partial charge is 0.291 e.